The van der Waals surface area contributed by atoms with Gasteiger partial charge in [0.15, 0.2) is 0 Å². The van der Waals surface area contributed by atoms with Crippen molar-refractivity contribution < 1.29 is 13.2 Å². The molecular weight excluding hydrogens is 422 g/mol. The van der Waals surface area contributed by atoms with Gasteiger partial charge in [-0.05, 0) is 56.0 Å². The van der Waals surface area contributed by atoms with Gasteiger partial charge in [0.25, 0.3) is 0 Å². The van der Waals surface area contributed by atoms with E-state index in [1.54, 1.807) is 29.6 Å². The van der Waals surface area contributed by atoms with E-state index in [2.05, 4.69) is 22.3 Å². The lowest BCUT2D eigenvalue weighted by atomic mass is 9.78. The van der Waals surface area contributed by atoms with Crippen molar-refractivity contribution in [3.63, 3.8) is 0 Å². The molecule has 2 saturated heterocycles. The van der Waals surface area contributed by atoms with Crippen molar-refractivity contribution >= 4 is 33.0 Å². The summed E-state index contributed by atoms with van der Waals surface area (Å²) in [5, 5.41) is 4.25. The molecule has 2 aromatic carbocycles. The van der Waals surface area contributed by atoms with Crippen molar-refractivity contribution in [3.05, 3.63) is 47.5 Å². The summed E-state index contributed by atoms with van der Waals surface area (Å²) >= 11 is 6.03. The van der Waals surface area contributed by atoms with E-state index in [1.807, 2.05) is 6.07 Å². The van der Waals surface area contributed by atoms with Crippen LogP contribution in [0.15, 0.2) is 47.4 Å². The average molecular weight is 448 g/mol. The van der Waals surface area contributed by atoms with Crippen LogP contribution in [-0.4, -0.2) is 51.0 Å². The first-order chi connectivity index (χ1) is 14.4. The smallest absolute Gasteiger partial charge is 0.243 e. The molecule has 0 amide bonds. The van der Waals surface area contributed by atoms with Gasteiger partial charge < -0.3 is 15.0 Å². The average Bonchev–Trinajstić information content (AvgIpc) is 3.25. The standard InChI is InChI=1S/C22H26ClN3O3S/c1-29-17-7-8-20-19(15-17)24-22(21-6-3-11-26(20)21)9-12-25(13-10-22)30(27,28)18-5-2-4-16(23)14-18/h2,4-5,7-8,14-15,21,24H,3,6,9-13H2,1H3. The molecule has 0 aliphatic carbocycles. The van der Waals surface area contributed by atoms with Gasteiger partial charge in [0.1, 0.15) is 5.75 Å². The number of hydrogen-bond acceptors (Lipinski definition) is 5. The Morgan fingerprint density at radius 1 is 1.13 bits per heavy atom. The van der Waals surface area contributed by atoms with Crippen molar-refractivity contribution in [2.45, 2.75) is 42.2 Å². The number of ether oxygens (including phenoxy) is 1. The molecule has 1 spiro atoms. The molecule has 6 nitrogen and oxygen atoms in total. The van der Waals surface area contributed by atoms with Gasteiger partial charge in [-0.1, -0.05) is 17.7 Å². The van der Waals surface area contributed by atoms with Gasteiger partial charge in [-0.2, -0.15) is 4.31 Å². The molecule has 0 saturated carbocycles. The maximum Gasteiger partial charge on any atom is 0.243 e. The lowest BCUT2D eigenvalue weighted by Gasteiger charge is -2.53. The highest BCUT2D eigenvalue weighted by Crippen LogP contribution is 2.48. The third-order valence-corrected chi connectivity index (χ3v) is 8.97. The van der Waals surface area contributed by atoms with Gasteiger partial charge in [0.2, 0.25) is 10.0 Å². The minimum Gasteiger partial charge on any atom is -0.497 e. The van der Waals surface area contributed by atoms with Crippen LogP contribution in [-0.2, 0) is 10.0 Å². The molecular formula is C22H26ClN3O3S. The molecule has 1 atom stereocenters. The maximum atomic E-state index is 13.1. The monoisotopic (exact) mass is 447 g/mol. The fraction of sp³-hybridized carbons (Fsp3) is 0.455. The Labute approximate surface area is 182 Å². The zero-order chi connectivity index (χ0) is 20.9. The molecule has 1 N–H and O–H groups in total. The molecule has 1 unspecified atom stereocenters. The first-order valence-corrected chi connectivity index (χ1v) is 12.2. The molecule has 2 aromatic rings. The Balaban J connectivity index is 1.42. The summed E-state index contributed by atoms with van der Waals surface area (Å²) in [5.41, 5.74) is 2.17. The molecule has 5 rings (SSSR count). The minimum absolute atomic E-state index is 0.129. The molecule has 8 heteroatoms. The summed E-state index contributed by atoms with van der Waals surface area (Å²) < 4.78 is 33.3. The first-order valence-electron chi connectivity index (χ1n) is 10.4. The van der Waals surface area contributed by atoms with E-state index in [-0.39, 0.29) is 10.4 Å². The van der Waals surface area contributed by atoms with E-state index >= 15 is 0 Å². The number of anilines is 2. The van der Waals surface area contributed by atoms with Crippen molar-refractivity contribution in [2.75, 3.05) is 37.0 Å². The summed E-state index contributed by atoms with van der Waals surface area (Å²) in [7, 11) is -1.87. The van der Waals surface area contributed by atoms with E-state index in [9.17, 15) is 8.42 Å². The number of fused-ring (bicyclic) bond motifs is 4. The van der Waals surface area contributed by atoms with Crippen LogP contribution in [0.1, 0.15) is 25.7 Å². The van der Waals surface area contributed by atoms with Crippen LogP contribution in [0.3, 0.4) is 0 Å². The van der Waals surface area contributed by atoms with Gasteiger partial charge in [-0.15, -0.1) is 0 Å². The van der Waals surface area contributed by atoms with Crippen LogP contribution in [0.2, 0.25) is 5.02 Å². The predicted molar refractivity (Wildman–Crippen MR) is 119 cm³/mol. The maximum absolute atomic E-state index is 13.1. The molecule has 30 heavy (non-hydrogen) atoms. The van der Waals surface area contributed by atoms with Crippen LogP contribution in [0, 0.1) is 0 Å². The van der Waals surface area contributed by atoms with Gasteiger partial charge in [0.05, 0.1) is 35.0 Å². The van der Waals surface area contributed by atoms with E-state index in [0.29, 0.717) is 24.2 Å². The fourth-order valence-electron chi connectivity index (χ4n) is 5.33. The van der Waals surface area contributed by atoms with E-state index < -0.39 is 10.0 Å². The molecule has 3 heterocycles. The lowest BCUT2D eigenvalue weighted by molar-refractivity contribution is 0.219. The van der Waals surface area contributed by atoms with Crippen molar-refractivity contribution in [3.8, 4) is 5.75 Å². The van der Waals surface area contributed by atoms with Gasteiger partial charge in [-0.3, -0.25) is 0 Å². The van der Waals surface area contributed by atoms with Gasteiger partial charge in [-0.25, -0.2) is 8.42 Å². The molecule has 0 bridgehead atoms. The number of nitrogens with one attached hydrogen (secondary N) is 1. The summed E-state index contributed by atoms with van der Waals surface area (Å²) in [6.45, 7) is 2.02. The highest BCUT2D eigenvalue weighted by atomic mass is 35.5. The first kappa shape index (κ1) is 20.0. The second kappa shape index (κ2) is 7.32. The molecule has 3 aliphatic rings. The zero-order valence-corrected chi connectivity index (χ0v) is 18.5. The Morgan fingerprint density at radius 3 is 2.67 bits per heavy atom. The van der Waals surface area contributed by atoms with E-state index in [1.165, 1.54) is 11.8 Å². The Bertz CT molecular complexity index is 1070. The zero-order valence-electron chi connectivity index (χ0n) is 17.0. The molecule has 3 aliphatic heterocycles. The second-order valence-corrected chi connectivity index (χ2v) is 10.8. The number of benzene rings is 2. The number of piperidine rings is 1. The van der Waals surface area contributed by atoms with Crippen molar-refractivity contribution in [2.24, 2.45) is 0 Å². The van der Waals surface area contributed by atoms with Crippen LogP contribution in [0.5, 0.6) is 5.75 Å². The van der Waals surface area contributed by atoms with Crippen LogP contribution in [0.25, 0.3) is 0 Å². The Kier molecular flexibility index (Phi) is 4.87. The quantitative estimate of drug-likeness (QED) is 0.771. The summed E-state index contributed by atoms with van der Waals surface area (Å²) in [6, 6.07) is 13.1. The summed E-state index contributed by atoms with van der Waals surface area (Å²) in [6.07, 6.45) is 3.82. The van der Waals surface area contributed by atoms with Crippen LogP contribution in [0.4, 0.5) is 11.4 Å². The third kappa shape index (κ3) is 3.15. The Hall–Kier alpha value is -1.96. The lowest BCUT2D eigenvalue weighted by Crippen LogP contribution is -2.62. The largest absolute Gasteiger partial charge is 0.497 e. The van der Waals surface area contributed by atoms with E-state index in [4.69, 9.17) is 16.3 Å². The minimum atomic E-state index is -3.55. The third-order valence-electron chi connectivity index (χ3n) is 6.84. The Morgan fingerprint density at radius 2 is 1.93 bits per heavy atom. The number of methoxy groups -OCH3 is 1. The molecule has 160 valence electrons. The second-order valence-electron chi connectivity index (χ2n) is 8.38. The van der Waals surface area contributed by atoms with Crippen molar-refractivity contribution in [1.29, 1.82) is 0 Å². The molecule has 2 fully saturated rings. The van der Waals surface area contributed by atoms with Crippen LogP contribution < -0.4 is 15.0 Å². The van der Waals surface area contributed by atoms with Gasteiger partial charge >= 0.3 is 0 Å². The van der Waals surface area contributed by atoms with Crippen molar-refractivity contribution in [1.82, 2.24) is 4.31 Å². The van der Waals surface area contributed by atoms with E-state index in [0.717, 1.165) is 43.7 Å². The summed E-state index contributed by atoms with van der Waals surface area (Å²) in [5.74, 6) is 0.829. The molecule has 0 aromatic heterocycles. The SMILES string of the molecule is COc1ccc2c(c1)NC1(CCN(S(=O)(=O)c3cccc(Cl)c3)CC1)C1CCCN21. The number of sulfonamides is 1. The number of nitrogens with zero attached hydrogens (tertiary/aromatic N) is 2. The van der Waals surface area contributed by atoms with Crippen LogP contribution >= 0.6 is 11.6 Å². The normalized spacial score (nSPS) is 23.0. The number of halogens is 1. The van der Waals surface area contributed by atoms with Gasteiger partial charge in [0, 0.05) is 30.7 Å². The predicted octanol–water partition coefficient (Wildman–Crippen LogP) is 3.97. The number of hydrogen-bond donors (Lipinski definition) is 1. The highest BCUT2D eigenvalue weighted by Gasteiger charge is 2.50. The topological polar surface area (TPSA) is 61.9 Å². The fourth-order valence-corrected chi connectivity index (χ4v) is 7.08. The summed E-state index contributed by atoms with van der Waals surface area (Å²) in [4.78, 5) is 2.77. The number of rotatable bonds is 3. The molecule has 0 radical (unpaired) electrons. The highest BCUT2D eigenvalue weighted by molar-refractivity contribution is 7.89.